The SMILES string of the molecule is O=C(CBr)c1ccc(C[P+](c2ccccc2)(c2ccccc2)c2ccccc2)cc1.[Br-]. The first-order valence-electron chi connectivity index (χ1n) is 9.97. The zero-order valence-electron chi connectivity index (χ0n) is 17.0. The summed E-state index contributed by atoms with van der Waals surface area (Å²) >= 11 is 3.27. The van der Waals surface area contributed by atoms with Crippen LogP contribution in [0, 0.1) is 0 Å². The predicted octanol–water partition coefficient (Wildman–Crippen LogP) is 2.76. The molecular formula is C27H23Br2OP. The number of halogens is 2. The van der Waals surface area contributed by atoms with E-state index in [0.717, 1.165) is 11.7 Å². The number of hydrogen-bond donors (Lipinski definition) is 0. The summed E-state index contributed by atoms with van der Waals surface area (Å²) in [5, 5.41) is 4.44. The van der Waals surface area contributed by atoms with Crippen LogP contribution in [0.3, 0.4) is 0 Å². The summed E-state index contributed by atoms with van der Waals surface area (Å²) < 4.78 is 0. The van der Waals surface area contributed by atoms with Crippen molar-refractivity contribution in [2.45, 2.75) is 6.16 Å². The van der Waals surface area contributed by atoms with Gasteiger partial charge >= 0.3 is 0 Å². The molecule has 0 radical (unpaired) electrons. The van der Waals surface area contributed by atoms with E-state index in [2.05, 4.69) is 119 Å². The largest absolute Gasteiger partial charge is 1.00 e. The summed E-state index contributed by atoms with van der Waals surface area (Å²) in [7, 11) is -1.92. The Morgan fingerprint density at radius 1 is 0.613 bits per heavy atom. The molecule has 0 aromatic heterocycles. The second-order valence-electron chi connectivity index (χ2n) is 7.23. The quantitative estimate of drug-likeness (QED) is 0.195. The summed E-state index contributed by atoms with van der Waals surface area (Å²) in [5.74, 6) is 0.108. The van der Waals surface area contributed by atoms with Gasteiger partial charge < -0.3 is 17.0 Å². The van der Waals surface area contributed by atoms with Crippen LogP contribution in [0.15, 0.2) is 115 Å². The van der Waals surface area contributed by atoms with E-state index < -0.39 is 7.26 Å². The number of hydrogen-bond acceptors (Lipinski definition) is 1. The van der Waals surface area contributed by atoms with E-state index in [1.54, 1.807) is 0 Å². The Morgan fingerprint density at radius 2 is 1.00 bits per heavy atom. The molecule has 31 heavy (non-hydrogen) atoms. The minimum Gasteiger partial charge on any atom is -1.00 e. The van der Waals surface area contributed by atoms with E-state index in [-0.39, 0.29) is 22.8 Å². The molecule has 0 atom stereocenters. The van der Waals surface area contributed by atoms with E-state index >= 15 is 0 Å². The van der Waals surface area contributed by atoms with Gasteiger partial charge in [-0.05, 0) is 42.0 Å². The number of carbonyl (C=O) groups is 1. The molecule has 0 amide bonds. The molecule has 0 fully saturated rings. The molecule has 4 aromatic carbocycles. The predicted molar refractivity (Wildman–Crippen MR) is 133 cm³/mol. The van der Waals surface area contributed by atoms with Gasteiger partial charge in [-0.1, -0.05) is 94.8 Å². The molecule has 0 N–H and O–H groups in total. The second-order valence-corrected chi connectivity index (χ2v) is 11.3. The molecular weight excluding hydrogens is 531 g/mol. The number of benzene rings is 4. The van der Waals surface area contributed by atoms with Gasteiger partial charge in [-0.2, -0.15) is 0 Å². The standard InChI is InChI=1S/C27H23BrOP.BrH/c28-20-27(29)23-18-16-22(17-19-23)21-30(24-10-4-1-5-11-24,25-12-6-2-7-13-25)26-14-8-3-9-15-26;/h1-19H,20-21H2;1H/q+1;/p-1. The van der Waals surface area contributed by atoms with Gasteiger partial charge in [0, 0.05) is 5.56 Å². The van der Waals surface area contributed by atoms with Crippen molar-refractivity contribution in [2.75, 3.05) is 5.33 Å². The highest BCUT2D eigenvalue weighted by Gasteiger charge is 2.45. The molecule has 0 aliphatic heterocycles. The van der Waals surface area contributed by atoms with Gasteiger partial charge in [-0.15, -0.1) is 0 Å². The van der Waals surface area contributed by atoms with Gasteiger partial charge in [0.05, 0.1) is 11.5 Å². The Morgan fingerprint density at radius 3 is 1.35 bits per heavy atom. The molecule has 1 nitrogen and oxygen atoms in total. The van der Waals surface area contributed by atoms with Crippen molar-refractivity contribution in [3.8, 4) is 0 Å². The third-order valence-corrected chi connectivity index (χ3v) is 10.3. The molecule has 4 heteroatoms. The van der Waals surface area contributed by atoms with Crippen LogP contribution < -0.4 is 32.9 Å². The van der Waals surface area contributed by atoms with E-state index in [1.807, 2.05) is 12.1 Å². The molecule has 0 aliphatic rings. The molecule has 0 heterocycles. The van der Waals surface area contributed by atoms with Crippen LogP contribution in [0.1, 0.15) is 15.9 Å². The highest BCUT2D eigenvalue weighted by Crippen LogP contribution is 2.58. The van der Waals surface area contributed by atoms with Crippen LogP contribution >= 0.6 is 23.2 Å². The van der Waals surface area contributed by atoms with Gasteiger partial charge in [0.15, 0.2) is 5.78 Å². The minimum absolute atomic E-state index is 0. The first-order chi connectivity index (χ1) is 14.7. The number of ketones is 1. The number of Topliss-reactive ketones (excluding diaryl/α,β-unsaturated/α-hetero) is 1. The topological polar surface area (TPSA) is 17.1 Å². The second kappa shape index (κ2) is 11.0. The Labute approximate surface area is 203 Å². The maximum absolute atomic E-state index is 12.0. The Balaban J connectivity index is 0.00000272. The normalized spacial score (nSPS) is 10.9. The third kappa shape index (κ3) is 5.06. The molecule has 0 spiro atoms. The number of carbonyl (C=O) groups excluding carboxylic acids is 1. The Kier molecular flexibility index (Phi) is 8.37. The highest BCUT2D eigenvalue weighted by atomic mass is 79.9. The molecule has 0 saturated carbocycles. The molecule has 0 unspecified atom stereocenters. The van der Waals surface area contributed by atoms with Crippen LogP contribution in [-0.4, -0.2) is 11.1 Å². The molecule has 0 aliphatic carbocycles. The van der Waals surface area contributed by atoms with Crippen molar-refractivity contribution in [1.82, 2.24) is 0 Å². The maximum atomic E-state index is 12.0. The minimum atomic E-state index is -1.92. The van der Waals surface area contributed by atoms with Crippen LogP contribution in [0.2, 0.25) is 0 Å². The molecule has 0 saturated heterocycles. The summed E-state index contributed by atoms with van der Waals surface area (Å²) in [4.78, 5) is 12.0. The molecule has 4 rings (SSSR count). The van der Waals surface area contributed by atoms with Gasteiger partial charge in [0.1, 0.15) is 23.2 Å². The molecule has 4 aromatic rings. The van der Waals surface area contributed by atoms with Gasteiger partial charge in [0.2, 0.25) is 0 Å². The zero-order valence-corrected chi connectivity index (χ0v) is 21.1. The smallest absolute Gasteiger partial charge is 0.173 e. The lowest BCUT2D eigenvalue weighted by atomic mass is 10.1. The van der Waals surface area contributed by atoms with Crippen LogP contribution in [0.4, 0.5) is 0 Å². The molecule has 0 bridgehead atoms. The fourth-order valence-corrected chi connectivity index (χ4v) is 8.48. The number of rotatable bonds is 7. The van der Waals surface area contributed by atoms with E-state index in [1.165, 1.54) is 21.5 Å². The van der Waals surface area contributed by atoms with Crippen molar-refractivity contribution >= 4 is 44.9 Å². The number of alkyl halides is 1. The summed E-state index contributed by atoms with van der Waals surface area (Å²) in [6, 6.07) is 40.7. The van der Waals surface area contributed by atoms with Gasteiger partial charge in [0.25, 0.3) is 0 Å². The van der Waals surface area contributed by atoms with Crippen LogP contribution in [-0.2, 0) is 6.16 Å². The fraction of sp³-hybridized carbons (Fsp3) is 0.0741. The average molecular weight is 554 g/mol. The van der Waals surface area contributed by atoms with Gasteiger partial charge in [-0.3, -0.25) is 4.79 Å². The average Bonchev–Trinajstić information content (AvgIpc) is 2.84. The molecule has 156 valence electrons. The van der Waals surface area contributed by atoms with Crippen LogP contribution in [0.25, 0.3) is 0 Å². The maximum Gasteiger partial charge on any atom is 0.173 e. The van der Waals surface area contributed by atoms with Crippen LogP contribution in [0.5, 0.6) is 0 Å². The fourth-order valence-electron chi connectivity index (χ4n) is 3.92. The summed E-state index contributed by atoms with van der Waals surface area (Å²) in [6.45, 7) is 0. The van der Waals surface area contributed by atoms with Crippen molar-refractivity contribution < 1.29 is 21.8 Å². The van der Waals surface area contributed by atoms with Crippen molar-refractivity contribution in [1.29, 1.82) is 0 Å². The first-order valence-corrected chi connectivity index (χ1v) is 13.1. The van der Waals surface area contributed by atoms with E-state index in [9.17, 15) is 4.79 Å². The lowest BCUT2D eigenvalue weighted by Gasteiger charge is -2.28. The van der Waals surface area contributed by atoms with E-state index in [0.29, 0.717) is 5.33 Å². The first kappa shape index (κ1) is 23.6. The lowest BCUT2D eigenvalue weighted by molar-refractivity contribution is -0.0000135. The van der Waals surface area contributed by atoms with Gasteiger partial charge in [-0.25, -0.2) is 0 Å². The Hall–Kier alpha value is -2.06. The zero-order chi connectivity index (χ0) is 20.8. The van der Waals surface area contributed by atoms with E-state index in [4.69, 9.17) is 0 Å². The Bertz CT molecular complexity index is 1000. The van der Waals surface area contributed by atoms with Crippen molar-refractivity contribution in [3.63, 3.8) is 0 Å². The van der Waals surface area contributed by atoms with Crippen molar-refractivity contribution in [2.24, 2.45) is 0 Å². The third-order valence-electron chi connectivity index (χ3n) is 5.41. The van der Waals surface area contributed by atoms with Crippen molar-refractivity contribution in [3.05, 3.63) is 126 Å². The highest BCUT2D eigenvalue weighted by molar-refractivity contribution is 9.09. The lowest BCUT2D eigenvalue weighted by Crippen LogP contribution is -3.00. The summed E-state index contributed by atoms with van der Waals surface area (Å²) in [6.07, 6.45) is 0.911. The summed E-state index contributed by atoms with van der Waals surface area (Å²) in [5.41, 5.74) is 1.99. The monoisotopic (exact) mass is 552 g/mol.